The van der Waals surface area contributed by atoms with Gasteiger partial charge in [0.25, 0.3) is 0 Å². The van der Waals surface area contributed by atoms with Gasteiger partial charge in [-0.15, -0.1) is 0 Å². The topological polar surface area (TPSA) is 59.0 Å². The van der Waals surface area contributed by atoms with Crippen LogP contribution in [0.25, 0.3) is 16.9 Å². The van der Waals surface area contributed by atoms with E-state index in [1.807, 2.05) is 37.4 Å². The molecule has 3 heterocycles. The second-order valence-electron chi connectivity index (χ2n) is 7.13. The van der Waals surface area contributed by atoms with Crippen molar-refractivity contribution in [2.75, 3.05) is 45.6 Å². The SMILES string of the molecule is CCOc1ccc(-c2nc3ccc(N)cn3c2CN2CCN(C)CC2)cc1. The Balaban J connectivity index is 1.72. The Morgan fingerprint density at radius 3 is 2.48 bits per heavy atom. The van der Waals surface area contributed by atoms with Crippen LogP contribution in [0, 0.1) is 0 Å². The highest BCUT2D eigenvalue weighted by Crippen LogP contribution is 2.28. The Labute approximate surface area is 160 Å². The lowest BCUT2D eigenvalue weighted by molar-refractivity contribution is 0.147. The Hall–Kier alpha value is -2.57. The molecule has 4 rings (SSSR count). The smallest absolute Gasteiger partial charge is 0.137 e. The van der Waals surface area contributed by atoms with Crippen molar-refractivity contribution in [1.29, 1.82) is 0 Å². The first kappa shape index (κ1) is 17.8. The molecule has 1 aliphatic rings. The molecule has 0 atom stereocenters. The van der Waals surface area contributed by atoms with E-state index in [4.69, 9.17) is 15.5 Å². The van der Waals surface area contributed by atoms with Crippen molar-refractivity contribution in [3.05, 3.63) is 48.3 Å². The zero-order chi connectivity index (χ0) is 18.8. The number of pyridine rings is 1. The minimum atomic E-state index is 0.668. The minimum absolute atomic E-state index is 0.668. The van der Waals surface area contributed by atoms with Crippen molar-refractivity contribution in [2.24, 2.45) is 0 Å². The van der Waals surface area contributed by atoms with E-state index in [2.05, 4.69) is 33.4 Å². The summed E-state index contributed by atoms with van der Waals surface area (Å²) in [5.74, 6) is 0.884. The fraction of sp³-hybridized carbons (Fsp3) is 0.381. The van der Waals surface area contributed by atoms with Crippen molar-refractivity contribution < 1.29 is 4.74 Å². The van der Waals surface area contributed by atoms with Crippen LogP contribution in [-0.2, 0) is 6.54 Å². The fourth-order valence-corrected chi connectivity index (χ4v) is 3.59. The molecule has 0 saturated carbocycles. The molecule has 27 heavy (non-hydrogen) atoms. The number of likely N-dealkylation sites (N-methyl/N-ethyl adjacent to an activating group) is 1. The average Bonchev–Trinajstić information content (AvgIpc) is 3.02. The van der Waals surface area contributed by atoms with Crippen LogP contribution in [0.2, 0.25) is 0 Å². The van der Waals surface area contributed by atoms with Crippen molar-refractivity contribution >= 4 is 11.3 Å². The van der Waals surface area contributed by atoms with Gasteiger partial charge in [-0.05, 0) is 50.4 Å². The predicted octanol–water partition coefficient (Wildman–Crippen LogP) is 2.73. The van der Waals surface area contributed by atoms with Crippen molar-refractivity contribution in [3.8, 4) is 17.0 Å². The number of hydrogen-bond donors (Lipinski definition) is 1. The number of hydrogen-bond acceptors (Lipinski definition) is 5. The number of anilines is 1. The number of imidazole rings is 1. The van der Waals surface area contributed by atoms with Gasteiger partial charge in [0.1, 0.15) is 11.4 Å². The molecule has 0 amide bonds. The highest BCUT2D eigenvalue weighted by atomic mass is 16.5. The first-order valence-corrected chi connectivity index (χ1v) is 9.54. The summed E-state index contributed by atoms with van der Waals surface area (Å²) in [6.45, 7) is 7.84. The third-order valence-electron chi connectivity index (χ3n) is 5.15. The molecule has 0 spiro atoms. The van der Waals surface area contributed by atoms with Gasteiger partial charge in [0.2, 0.25) is 0 Å². The van der Waals surface area contributed by atoms with Crippen LogP contribution in [0.15, 0.2) is 42.6 Å². The van der Waals surface area contributed by atoms with Crippen LogP contribution in [0.4, 0.5) is 5.69 Å². The van der Waals surface area contributed by atoms with E-state index in [1.165, 1.54) is 5.69 Å². The molecular formula is C21H27N5O. The summed E-state index contributed by atoms with van der Waals surface area (Å²) in [4.78, 5) is 9.77. The highest BCUT2D eigenvalue weighted by Gasteiger charge is 2.20. The van der Waals surface area contributed by atoms with Crippen LogP contribution in [0.5, 0.6) is 5.75 Å². The summed E-state index contributed by atoms with van der Waals surface area (Å²) in [5, 5.41) is 0. The monoisotopic (exact) mass is 365 g/mol. The van der Waals surface area contributed by atoms with Crippen LogP contribution in [0.1, 0.15) is 12.6 Å². The molecule has 2 N–H and O–H groups in total. The Bertz CT molecular complexity index is 910. The fourth-order valence-electron chi connectivity index (χ4n) is 3.59. The van der Waals surface area contributed by atoms with Crippen LogP contribution >= 0.6 is 0 Å². The third-order valence-corrected chi connectivity index (χ3v) is 5.15. The molecule has 142 valence electrons. The normalized spacial score (nSPS) is 16.1. The van der Waals surface area contributed by atoms with Gasteiger partial charge in [0.05, 0.1) is 18.0 Å². The summed E-state index contributed by atoms with van der Waals surface area (Å²) in [6, 6.07) is 12.1. The van der Waals surface area contributed by atoms with Gasteiger partial charge in [0, 0.05) is 50.2 Å². The summed E-state index contributed by atoms with van der Waals surface area (Å²) in [6.07, 6.45) is 1.98. The molecule has 6 nitrogen and oxygen atoms in total. The van der Waals surface area contributed by atoms with Crippen molar-refractivity contribution in [1.82, 2.24) is 19.2 Å². The minimum Gasteiger partial charge on any atom is -0.494 e. The lowest BCUT2D eigenvalue weighted by Crippen LogP contribution is -2.44. The number of nitrogens with zero attached hydrogens (tertiary/aromatic N) is 4. The van der Waals surface area contributed by atoms with Gasteiger partial charge in [-0.1, -0.05) is 0 Å². The second kappa shape index (κ2) is 7.58. The van der Waals surface area contributed by atoms with Gasteiger partial charge in [0.15, 0.2) is 0 Å². The zero-order valence-electron chi connectivity index (χ0n) is 16.1. The van der Waals surface area contributed by atoms with Gasteiger partial charge >= 0.3 is 0 Å². The van der Waals surface area contributed by atoms with E-state index in [1.54, 1.807) is 0 Å². The Morgan fingerprint density at radius 1 is 1.04 bits per heavy atom. The molecule has 1 saturated heterocycles. The molecular weight excluding hydrogens is 338 g/mol. The van der Waals surface area contributed by atoms with E-state index in [0.29, 0.717) is 6.61 Å². The molecule has 0 bridgehead atoms. The molecule has 0 radical (unpaired) electrons. The number of fused-ring (bicyclic) bond motifs is 1. The number of aromatic nitrogens is 2. The largest absolute Gasteiger partial charge is 0.494 e. The van der Waals surface area contributed by atoms with Crippen LogP contribution in [0.3, 0.4) is 0 Å². The molecule has 6 heteroatoms. The standard InChI is InChI=1S/C21H27N5O/c1-3-27-18-7-4-16(5-8-18)21-19(15-25-12-10-24(2)11-13-25)26-14-17(22)6-9-20(26)23-21/h4-9,14H,3,10-13,15,22H2,1-2H3. The predicted molar refractivity (Wildman–Crippen MR) is 109 cm³/mol. The van der Waals surface area contributed by atoms with E-state index >= 15 is 0 Å². The molecule has 3 aromatic rings. The maximum atomic E-state index is 6.06. The number of nitrogen functional groups attached to an aromatic ring is 1. The lowest BCUT2D eigenvalue weighted by atomic mass is 10.1. The van der Waals surface area contributed by atoms with Gasteiger partial charge in [-0.25, -0.2) is 4.98 Å². The Kier molecular flexibility index (Phi) is 5.01. The highest BCUT2D eigenvalue weighted by molar-refractivity contribution is 5.68. The summed E-state index contributed by atoms with van der Waals surface area (Å²) < 4.78 is 7.72. The molecule has 1 aliphatic heterocycles. The molecule has 1 fully saturated rings. The van der Waals surface area contributed by atoms with Crippen molar-refractivity contribution in [3.63, 3.8) is 0 Å². The third kappa shape index (κ3) is 3.77. The Morgan fingerprint density at radius 2 is 1.78 bits per heavy atom. The zero-order valence-corrected chi connectivity index (χ0v) is 16.1. The van der Waals surface area contributed by atoms with Gasteiger partial charge in [-0.2, -0.15) is 0 Å². The van der Waals surface area contributed by atoms with Gasteiger partial charge in [-0.3, -0.25) is 4.90 Å². The van der Waals surface area contributed by atoms with Crippen molar-refractivity contribution in [2.45, 2.75) is 13.5 Å². The number of ether oxygens (including phenoxy) is 1. The van der Waals surface area contributed by atoms with E-state index in [0.717, 1.165) is 61.1 Å². The summed E-state index contributed by atoms with van der Waals surface area (Å²) in [7, 11) is 2.18. The average molecular weight is 365 g/mol. The maximum absolute atomic E-state index is 6.06. The first-order chi connectivity index (χ1) is 13.1. The maximum Gasteiger partial charge on any atom is 0.137 e. The van der Waals surface area contributed by atoms with Crippen LogP contribution < -0.4 is 10.5 Å². The molecule has 0 aliphatic carbocycles. The van der Waals surface area contributed by atoms with E-state index < -0.39 is 0 Å². The number of nitrogens with two attached hydrogens (primary N) is 1. The summed E-state index contributed by atoms with van der Waals surface area (Å²) >= 11 is 0. The molecule has 0 unspecified atom stereocenters. The number of piperazine rings is 1. The van der Waals surface area contributed by atoms with Gasteiger partial charge < -0.3 is 19.8 Å². The quantitative estimate of drug-likeness (QED) is 0.753. The number of benzene rings is 1. The second-order valence-corrected chi connectivity index (χ2v) is 7.13. The van der Waals surface area contributed by atoms with E-state index in [-0.39, 0.29) is 0 Å². The molecule has 1 aromatic carbocycles. The lowest BCUT2D eigenvalue weighted by Gasteiger charge is -2.32. The van der Waals surface area contributed by atoms with E-state index in [9.17, 15) is 0 Å². The summed E-state index contributed by atoms with van der Waals surface area (Å²) in [5.41, 5.74) is 11.0. The molecule has 2 aromatic heterocycles. The van der Waals surface area contributed by atoms with Crippen LogP contribution in [-0.4, -0.2) is 59.0 Å². The number of rotatable bonds is 5. The first-order valence-electron chi connectivity index (χ1n) is 9.54.